The van der Waals surface area contributed by atoms with Gasteiger partial charge in [-0.15, -0.1) is 0 Å². The zero-order chi connectivity index (χ0) is 14.4. The fourth-order valence-corrected chi connectivity index (χ4v) is 1.75. The number of benzene rings is 2. The number of ether oxygens (including phenoxy) is 1. The standard InChI is InChI=1S/C18H16O2/c1-3-15-4-6-16(7-5-15)8-9-17-10-12-18(13-11-17)20-14(2)19/h3-13H,1H2,2H3/b9-8+. The molecule has 0 saturated carbocycles. The Morgan fingerprint density at radius 2 is 1.35 bits per heavy atom. The molecule has 0 amide bonds. The van der Waals surface area contributed by atoms with Gasteiger partial charge in [-0.3, -0.25) is 4.79 Å². The van der Waals surface area contributed by atoms with E-state index in [1.165, 1.54) is 6.92 Å². The second-order valence-corrected chi connectivity index (χ2v) is 4.37. The lowest BCUT2D eigenvalue weighted by Crippen LogP contribution is -2.00. The van der Waals surface area contributed by atoms with Gasteiger partial charge in [-0.25, -0.2) is 0 Å². The van der Waals surface area contributed by atoms with Gasteiger partial charge in [0.15, 0.2) is 0 Å². The first-order valence-electron chi connectivity index (χ1n) is 6.36. The average Bonchev–Trinajstić information content (AvgIpc) is 2.46. The molecule has 20 heavy (non-hydrogen) atoms. The van der Waals surface area contributed by atoms with Gasteiger partial charge in [0.05, 0.1) is 0 Å². The Hall–Kier alpha value is -2.61. The molecule has 2 heteroatoms. The van der Waals surface area contributed by atoms with E-state index in [0.717, 1.165) is 16.7 Å². The summed E-state index contributed by atoms with van der Waals surface area (Å²) in [5.74, 6) is 0.251. The Morgan fingerprint density at radius 3 is 1.80 bits per heavy atom. The van der Waals surface area contributed by atoms with E-state index in [4.69, 9.17) is 4.74 Å². The maximum absolute atomic E-state index is 10.8. The molecule has 2 aromatic carbocycles. The van der Waals surface area contributed by atoms with Crippen molar-refractivity contribution in [2.24, 2.45) is 0 Å². The van der Waals surface area contributed by atoms with Crippen LogP contribution in [0, 0.1) is 0 Å². The van der Waals surface area contributed by atoms with E-state index < -0.39 is 0 Å². The summed E-state index contributed by atoms with van der Waals surface area (Å²) in [6, 6.07) is 15.5. The third-order valence-electron chi connectivity index (χ3n) is 2.78. The highest BCUT2D eigenvalue weighted by atomic mass is 16.5. The molecule has 0 fully saturated rings. The Morgan fingerprint density at radius 1 is 0.900 bits per heavy atom. The molecule has 0 bridgehead atoms. The first-order chi connectivity index (χ1) is 9.67. The summed E-state index contributed by atoms with van der Waals surface area (Å²) >= 11 is 0. The molecule has 0 radical (unpaired) electrons. The van der Waals surface area contributed by atoms with Gasteiger partial charge in [-0.1, -0.05) is 61.2 Å². The molecule has 2 rings (SSSR count). The zero-order valence-corrected chi connectivity index (χ0v) is 11.4. The first kappa shape index (κ1) is 13.8. The summed E-state index contributed by atoms with van der Waals surface area (Å²) in [5.41, 5.74) is 3.28. The number of hydrogen-bond acceptors (Lipinski definition) is 2. The molecule has 100 valence electrons. The van der Waals surface area contributed by atoms with Crippen molar-refractivity contribution in [2.75, 3.05) is 0 Å². The Labute approximate surface area is 119 Å². The van der Waals surface area contributed by atoms with Crippen molar-refractivity contribution in [2.45, 2.75) is 6.92 Å². The molecular weight excluding hydrogens is 248 g/mol. The normalized spacial score (nSPS) is 10.4. The van der Waals surface area contributed by atoms with Crippen LogP contribution >= 0.6 is 0 Å². The maximum Gasteiger partial charge on any atom is 0.308 e. The third-order valence-corrected chi connectivity index (χ3v) is 2.78. The van der Waals surface area contributed by atoms with Crippen LogP contribution in [0.15, 0.2) is 55.1 Å². The molecule has 0 N–H and O–H groups in total. The van der Waals surface area contributed by atoms with E-state index >= 15 is 0 Å². The minimum Gasteiger partial charge on any atom is -0.427 e. The minimum atomic E-state index is -0.310. The molecule has 0 heterocycles. The van der Waals surface area contributed by atoms with Gasteiger partial charge in [-0.05, 0) is 28.8 Å². The molecule has 0 aromatic heterocycles. The van der Waals surface area contributed by atoms with Crippen LogP contribution in [0.2, 0.25) is 0 Å². The van der Waals surface area contributed by atoms with Crippen LogP contribution in [0.5, 0.6) is 5.75 Å². The molecule has 0 atom stereocenters. The lowest BCUT2D eigenvalue weighted by atomic mass is 10.1. The van der Waals surface area contributed by atoms with Crippen molar-refractivity contribution in [1.82, 2.24) is 0 Å². The van der Waals surface area contributed by atoms with E-state index in [-0.39, 0.29) is 5.97 Å². The van der Waals surface area contributed by atoms with Gasteiger partial charge < -0.3 is 4.74 Å². The van der Waals surface area contributed by atoms with Crippen LogP contribution in [0.1, 0.15) is 23.6 Å². The van der Waals surface area contributed by atoms with Gasteiger partial charge in [0, 0.05) is 6.92 Å². The number of hydrogen-bond donors (Lipinski definition) is 0. The van der Waals surface area contributed by atoms with Crippen molar-refractivity contribution >= 4 is 24.2 Å². The molecule has 0 aliphatic rings. The smallest absolute Gasteiger partial charge is 0.308 e. The fourth-order valence-electron chi connectivity index (χ4n) is 1.75. The van der Waals surface area contributed by atoms with Crippen LogP contribution in [-0.4, -0.2) is 5.97 Å². The summed E-state index contributed by atoms with van der Waals surface area (Å²) in [6.45, 7) is 5.12. The van der Waals surface area contributed by atoms with Crippen LogP contribution in [0.25, 0.3) is 18.2 Å². The second-order valence-electron chi connectivity index (χ2n) is 4.37. The van der Waals surface area contributed by atoms with Gasteiger partial charge in [0.25, 0.3) is 0 Å². The van der Waals surface area contributed by atoms with Crippen molar-refractivity contribution in [3.05, 3.63) is 71.8 Å². The van der Waals surface area contributed by atoms with Crippen LogP contribution in [0.3, 0.4) is 0 Å². The van der Waals surface area contributed by atoms with E-state index in [0.29, 0.717) is 5.75 Å². The molecule has 2 aromatic rings. The molecule has 0 aliphatic carbocycles. The maximum atomic E-state index is 10.8. The Bertz CT molecular complexity index is 619. The second kappa shape index (κ2) is 6.53. The Balaban J connectivity index is 2.06. The largest absolute Gasteiger partial charge is 0.427 e. The number of rotatable bonds is 4. The van der Waals surface area contributed by atoms with Crippen molar-refractivity contribution < 1.29 is 9.53 Å². The predicted octanol–water partition coefficient (Wildman–Crippen LogP) is 4.43. The fraction of sp³-hybridized carbons (Fsp3) is 0.0556. The molecule has 2 nitrogen and oxygen atoms in total. The topological polar surface area (TPSA) is 26.3 Å². The molecule has 0 spiro atoms. The van der Waals surface area contributed by atoms with Crippen LogP contribution in [-0.2, 0) is 4.79 Å². The van der Waals surface area contributed by atoms with Gasteiger partial charge in [0.2, 0.25) is 0 Å². The average molecular weight is 264 g/mol. The van der Waals surface area contributed by atoms with Crippen LogP contribution in [0.4, 0.5) is 0 Å². The molecule has 0 unspecified atom stereocenters. The highest BCUT2D eigenvalue weighted by Crippen LogP contribution is 2.15. The van der Waals surface area contributed by atoms with Crippen molar-refractivity contribution in [1.29, 1.82) is 0 Å². The first-order valence-corrected chi connectivity index (χ1v) is 6.36. The van der Waals surface area contributed by atoms with E-state index in [9.17, 15) is 4.79 Å². The minimum absolute atomic E-state index is 0.310. The van der Waals surface area contributed by atoms with Gasteiger partial charge >= 0.3 is 5.97 Å². The number of carbonyl (C=O) groups excluding carboxylic acids is 1. The quantitative estimate of drug-likeness (QED) is 0.464. The summed E-state index contributed by atoms with van der Waals surface area (Å²) in [6.07, 6.45) is 5.87. The third kappa shape index (κ3) is 3.95. The predicted molar refractivity (Wildman–Crippen MR) is 83.2 cm³/mol. The van der Waals surface area contributed by atoms with Crippen LogP contribution < -0.4 is 4.74 Å². The number of esters is 1. The summed E-state index contributed by atoms with van der Waals surface area (Å²) in [4.78, 5) is 10.8. The molecular formula is C18H16O2. The molecule has 0 aliphatic heterocycles. The lowest BCUT2D eigenvalue weighted by molar-refractivity contribution is -0.131. The van der Waals surface area contributed by atoms with E-state index in [2.05, 4.69) is 6.58 Å². The summed E-state index contributed by atoms with van der Waals surface area (Å²) in [5, 5.41) is 0. The van der Waals surface area contributed by atoms with Crippen molar-refractivity contribution in [3.63, 3.8) is 0 Å². The number of carbonyl (C=O) groups is 1. The summed E-state index contributed by atoms with van der Waals surface area (Å²) < 4.78 is 4.99. The van der Waals surface area contributed by atoms with E-state index in [1.807, 2.05) is 54.6 Å². The Kier molecular flexibility index (Phi) is 4.51. The molecule has 0 saturated heterocycles. The van der Waals surface area contributed by atoms with Crippen molar-refractivity contribution in [3.8, 4) is 5.75 Å². The van der Waals surface area contributed by atoms with E-state index in [1.54, 1.807) is 12.1 Å². The monoisotopic (exact) mass is 264 g/mol. The highest BCUT2D eigenvalue weighted by molar-refractivity contribution is 5.71. The lowest BCUT2D eigenvalue weighted by Gasteiger charge is -2.01. The van der Waals surface area contributed by atoms with Gasteiger partial charge in [0.1, 0.15) is 5.75 Å². The van der Waals surface area contributed by atoms with Gasteiger partial charge in [-0.2, -0.15) is 0 Å². The SMILES string of the molecule is C=Cc1ccc(/C=C/c2ccc(OC(C)=O)cc2)cc1. The zero-order valence-electron chi connectivity index (χ0n) is 11.4. The highest BCUT2D eigenvalue weighted by Gasteiger charge is 1.96. The summed E-state index contributed by atoms with van der Waals surface area (Å²) in [7, 11) is 0.